The first-order valence-electron chi connectivity index (χ1n) is 27.0. The molecule has 0 saturated heterocycles. The van der Waals surface area contributed by atoms with Gasteiger partial charge in [0.15, 0.2) is 6.10 Å². The van der Waals surface area contributed by atoms with Gasteiger partial charge in [-0.3, -0.25) is 14.4 Å². The van der Waals surface area contributed by atoms with Gasteiger partial charge >= 0.3 is 17.9 Å². The standard InChI is InChI=1S/C58H100O6/c1-4-7-10-13-16-19-22-24-26-28-30-31-33-36-39-42-45-48-51-57(60)63-54-55(53-62-56(59)50-47-44-41-38-35-21-18-15-12-9-6-3)64-58(61)52-49-46-43-40-37-34-32-29-27-25-23-20-17-14-11-8-5-2/h9,12,18,21,25-28,30-31,38,41,55H,4-8,10-11,13-17,19-20,22-24,29,32-37,39-40,42-54H2,1-3H3/b12-9-,21-18-,27-25-,28-26-,31-30-,41-38-. The Hall–Kier alpha value is -3.15. The van der Waals surface area contributed by atoms with Crippen LogP contribution in [-0.4, -0.2) is 37.2 Å². The zero-order valence-corrected chi connectivity index (χ0v) is 42.0. The van der Waals surface area contributed by atoms with E-state index in [9.17, 15) is 14.4 Å². The van der Waals surface area contributed by atoms with Crippen molar-refractivity contribution < 1.29 is 28.6 Å². The monoisotopic (exact) mass is 893 g/mol. The molecule has 0 aromatic rings. The van der Waals surface area contributed by atoms with Crippen LogP contribution in [0.15, 0.2) is 72.9 Å². The molecule has 0 saturated carbocycles. The van der Waals surface area contributed by atoms with Crippen LogP contribution in [0, 0.1) is 0 Å². The van der Waals surface area contributed by atoms with Crippen LogP contribution in [0.4, 0.5) is 0 Å². The second-order valence-corrected chi connectivity index (χ2v) is 17.8. The smallest absolute Gasteiger partial charge is 0.306 e. The molecular formula is C58H100O6. The predicted molar refractivity (Wildman–Crippen MR) is 274 cm³/mol. The lowest BCUT2D eigenvalue weighted by Crippen LogP contribution is -2.30. The molecule has 0 heterocycles. The second kappa shape index (κ2) is 52.5. The number of rotatable bonds is 48. The van der Waals surface area contributed by atoms with Gasteiger partial charge in [-0.15, -0.1) is 0 Å². The van der Waals surface area contributed by atoms with Crippen LogP contribution in [0.5, 0.6) is 0 Å². The van der Waals surface area contributed by atoms with E-state index in [1.165, 1.54) is 128 Å². The lowest BCUT2D eigenvalue weighted by Gasteiger charge is -2.18. The van der Waals surface area contributed by atoms with Crippen LogP contribution in [0.3, 0.4) is 0 Å². The number of ether oxygens (including phenoxy) is 3. The topological polar surface area (TPSA) is 78.9 Å². The molecule has 6 nitrogen and oxygen atoms in total. The van der Waals surface area contributed by atoms with E-state index in [0.29, 0.717) is 19.3 Å². The Bertz CT molecular complexity index is 1210. The van der Waals surface area contributed by atoms with Crippen molar-refractivity contribution in [3.8, 4) is 0 Å². The number of unbranched alkanes of at least 4 members (excludes halogenated alkanes) is 26. The molecule has 0 fully saturated rings. The summed E-state index contributed by atoms with van der Waals surface area (Å²) in [5, 5.41) is 0. The fraction of sp³-hybridized carbons (Fsp3) is 0.741. The first-order valence-corrected chi connectivity index (χ1v) is 27.0. The van der Waals surface area contributed by atoms with Gasteiger partial charge in [0.05, 0.1) is 0 Å². The summed E-state index contributed by atoms with van der Waals surface area (Å²) in [5.74, 6) is -0.972. The first-order chi connectivity index (χ1) is 31.5. The minimum Gasteiger partial charge on any atom is -0.462 e. The molecule has 6 heteroatoms. The van der Waals surface area contributed by atoms with Gasteiger partial charge in [0, 0.05) is 19.3 Å². The Kier molecular flexibility index (Phi) is 49.9. The summed E-state index contributed by atoms with van der Waals surface area (Å²) in [5.41, 5.74) is 0. The summed E-state index contributed by atoms with van der Waals surface area (Å²) in [6.45, 7) is 6.45. The molecule has 0 aliphatic heterocycles. The average Bonchev–Trinajstić information content (AvgIpc) is 3.29. The van der Waals surface area contributed by atoms with Gasteiger partial charge in [0.2, 0.25) is 0 Å². The Morgan fingerprint density at radius 3 is 1.12 bits per heavy atom. The highest BCUT2D eigenvalue weighted by Crippen LogP contribution is 2.14. The van der Waals surface area contributed by atoms with Crippen LogP contribution in [0.25, 0.3) is 0 Å². The van der Waals surface area contributed by atoms with E-state index < -0.39 is 6.10 Å². The van der Waals surface area contributed by atoms with Crippen LogP contribution < -0.4 is 0 Å². The molecule has 0 amide bonds. The highest BCUT2D eigenvalue weighted by atomic mass is 16.6. The van der Waals surface area contributed by atoms with Crippen LogP contribution in [0.1, 0.15) is 258 Å². The third-order valence-electron chi connectivity index (χ3n) is 11.4. The van der Waals surface area contributed by atoms with Crippen molar-refractivity contribution in [1.82, 2.24) is 0 Å². The summed E-state index contributed by atoms with van der Waals surface area (Å²) in [7, 11) is 0. The van der Waals surface area contributed by atoms with E-state index in [-0.39, 0.29) is 37.5 Å². The molecule has 64 heavy (non-hydrogen) atoms. The third-order valence-corrected chi connectivity index (χ3v) is 11.4. The molecule has 1 atom stereocenters. The van der Waals surface area contributed by atoms with Crippen molar-refractivity contribution in [2.75, 3.05) is 13.2 Å². The number of hydrogen-bond donors (Lipinski definition) is 0. The van der Waals surface area contributed by atoms with Crippen molar-refractivity contribution in [3.05, 3.63) is 72.9 Å². The van der Waals surface area contributed by atoms with Gasteiger partial charge in [0.1, 0.15) is 13.2 Å². The third kappa shape index (κ3) is 49.9. The largest absolute Gasteiger partial charge is 0.462 e. The number of hydrogen-bond acceptors (Lipinski definition) is 6. The van der Waals surface area contributed by atoms with Crippen LogP contribution >= 0.6 is 0 Å². The van der Waals surface area contributed by atoms with E-state index in [4.69, 9.17) is 14.2 Å². The van der Waals surface area contributed by atoms with Crippen molar-refractivity contribution in [2.45, 2.75) is 264 Å². The molecule has 0 radical (unpaired) electrons. The van der Waals surface area contributed by atoms with E-state index in [1.807, 2.05) is 0 Å². The molecule has 0 N–H and O–H groups in total. The zero-order chi connectivity index (χ0) is 46.5. The molecule has 0 aliphatic rings. The Morgan fingerprint density at radius 2 is 0.672 bits per heavy atom. The molecule has 0 spiro atoms. The maximum absolute atomic E-state index is 12.8. The maximum atomic E-state index is 12.8. The fourth-order valence-electron chi connectivity index (χ4n) is 7.39. The van der Waals surface area contributed by atoms with Crippen LogP contribution in [0.2, 0.25) is 0 Å². The van der Waals surface area contributed by atoms with Gasteiger partial charge in [-0.25, -0.2) is 0 Å². The SMILES string of the molecule is CC/C=C\C/C=C\C/C=C\CCCC(=O)OCC(COC(=O)CCCCCCC/C=C\C=C/CCCCCCCCC)OC(=O)CCCCCCCCC/C=C\CCCCCCCC. The minimum atomic E-state index is -0.803. The Morgan fingerprint density at radius 1 is 0.344 bits per heavy atom. The van der Waals surface area contributed by atoms with Gasteiger partial charge in [-0.05, 0) is 96.3 Å². The summed E-state index contributed by atoms with van der Waals surface area (Å²) in [6.07, 6.45) is 66.1. The van der Waals surface area contributed by atoms with Crippen molar-refractivity contribution >= 4 is 17.9 Å². The summed E-state index contributed by atoms with van der Waals surface area (Å²) < 4.78 is 16.7. The average molecular weight is 893 g/mol. The van der Waals surface area contributed by atoms with E-state index in [0.717, 1.165) is 83.5 Å². The summed E-state index contributed by atoms with van der Waals surface area (Å²) >= 11 is 0. The molecule has 0 aliphatic carbocycles. The normalized spacial score (nSPS) is 12.6. The van der Waals surface area contributed by atoms with Crippen molar-refractivity contribution in [1.29, 1.82) is 0 Å². The highest BCUT2D eigenvalue weighted by molar-refractivity contribution is 5.71. The Balaban J connectivity index is 4.42. The molecule has 0 aromatic carbocycles. The number of carbonyl (C=O) groups is 3. The quantitative estimate of drug-likeness (QED) is 0.0199. The van der Waals surface area contributed by atoms with E-state index >= 15 is 0 Å². The Labute approximate surface area is 395 Å². The molecule has 368 valence electrons. The number of esters is 3. The van der Waals surface area contributed by atoms with Crippen LogP contribution in [-0.2, 0) is 28.6 Å². The molecule has 1 unspecified atom stereocenters. The van der Waals surface area contributed by atoms with Crippen molar-refractivity contribution in [2.24, 2.45) is 0 Å². The lowest BCUT2D eigenvalue weighted by atomic mass is 10.1. The fourth-order valence-corrected chi connectivity index (χ4v) is 7.39. The summed E-state index contributed by atoms with van der Waals surface area (Å²) in [6, 6.07) is 0. The van der Waals surface area contributed by atoms with E-state index in [2.05, 4.69) is 93.7 Å². The molecule has 0 aromatic heterocycles. The molecule has 0 bridgehead atoms. The van der Waals surface area contributed by atoms with Gasteiger partial charge < -0.3 is 14.2 Å². The van der Waals surface area contributed by atoms with Gasteiger partial charge in [-0.1, -0.05) is 216 Å². The lowest BCUT2D eigenvalue weighted by molar-refractivity contribution is -0.167. The second-order valence-electron chi connectivity index (χ2n) is 17.8. The predicted octanol–water partition coefficient (Wildman–Crippen LogP) is 17.8. The van der Waals surface area contributed by atoms with E-state index in [1.54, 1.807) is 0 Å². The number of allylic oxidation sites excluding steroid dienone is 12. The highest BCUT2D eigenvalue weighted by Gasteiger charge is 2.19. The van der Waals surface area contributed by atoms with Gasteiger partial charge in [0.25, 0.3) is 0 Å². The molecule has 0 rings (SSSR count). The maximum Gasteiger partial charge on any atom is 0.306 e. The first kappa shape index (κ1) is 60.9. The van der Waals surface area contributed by atoms with Crippen molar-refractivity contribution in [3.63, 3.8) is 0 Å². The summed E-state index contributed by atoms with van der Waals surface area (Å²) in [4.78, 5) is 38.0. The van der Waals surface area contributed by atoms with Gasteiger partial charge in [-0.2, -0.15) is 0 Å². The zero-order valence-electron chi connectivity index (χ0n) is 42.0. The molecular weight excluding hydrogens is 793 g/mol. The minimum absolute atomic E-state index is 0.101. The number of carbonyl (C=O) groups excluding carboxylic acids is 3.